The van der Waals surface area contributed by atoms with E-state index in [0.717, 1.165) is 32.5 Å². The smallest absolute Gasteiger partial charge is 0.148 e. The van der Waals surface area contributed by atoms with Crippen LogP contribution in [0.15, 0.2) is 75.7 Å². The number of aryl methyl sites for hydroxylation is 1. The monoisotopic (exact) mass is 459 g/mol. The topological polar surface area (TPSA) is 21.3 Å². The molecule has 128 valence electrons. The lowest BCUT2D eigenvalue weighted by atomic mass is 10.2. The van der Waals surface area contributed by atoms with E-state index in [1.54, 1.807) is 0 Å². The van der Waals surface area contributed by atoms with Crippen molar-refractivity contribution in [3.8, 4) is 5.75 Å². The van der Waals surface area contributed by atoms with Crippen LogP contribution in [0.5, 0.6) is 5.75 Å². The minimum atomic E-state index is 0.541. The number of benzene rings is 3. The maximum atomic E-state index is 5.97. The van der Waals surface area contributed by atoms with E-state index in [4.69, 9.17) is 4.74 Å². The molecule has 25 heavy (non-hydrogen) atoms. The zero-order chi connectivity index (χ0) is 17.6. The Balaban J connectivity index is 1.67. The van der Waals surface area contributed by atoms with E-state index in [1.165, 1.54) is 11.1 Å². The van der Waals surface area contributed by atoms with Gasteiger partial charge in [-0.3, -0.25) is 0 Å². The Morgan fingerprint density at radius 3 is 2.24 bits per heavy atom. The molecule has 0 spiro atoms. The highest BCUT2D eigenvalue weighted by molar-refractivity contribution is 9.11. The molecule has 4 heteroatoms. The molecule has 0 atom stereocenters. The first-order chi connectivity index (χ1) is 12.1. The van der Waals surface area contributed by atoms with E-state index in [-0.39, 0.29) is 0 Å². The van der Waals surface area contributed by atoms with Gasteiger partial charge in [0.05, 0.1) is 8.95 Å². The Morgan fingerprint density at radius 2 is 1.56 bits per heavy atom. The summed E-state index contributed by atoms with van der Waals surface area (Å²) in [7, 11) is 0. The fourth-order valence-corrected chi connectivity index (χ4v) is 4.05. The highest BCUT2D eigenvalue weighted by Gasteiger charge is 2.09. The molecule has 3 aromatic rings. The van der Waals surface area contributed by atoms with E-state index < -0.39 is 0 Å². The van der Waals surface area contributed by atoms with Gasteiger partial charge in [0.25, 0.3) is 0 Å². The first kappa shape index (κ1) is 18.0. The molecule has 1 N–H and O–H groups in total. The second-order valence-electron chi connectivity index (χ2n) is 5.89. The van der Waals surface area contributed by atoms with Crippen molar-refractivity contribution in [1.29, 1.82) is 0 Å². The normalized spacial score (nSPS) is 10.5. The highest BCUT2D eigenvalue weighted by atomic mass is 79.9. The van der Waals surface area contributed by atoms with E-state index in [2.05, 4.69) is 92.6 Å². The molecule has 0 aliphatic carbocycles. The lowest BCUT2D eigenvalue weighted by Crippen LogP contribution is -2.01. The van der Waals surface area contributed by atoms with Crippen LogP contribution in [0, 0.1) is 6.92 Å². The van der Waals surface area contributed by atoms with Gasteiger partial charge >= 0.3 is 0 Å². The minimum absolute atomic E-state index is 0.541. The fraction of sp³-hybridized carbons (Fsp3) is 0.143. The summed E-state index contributed by atoms with van der Waals surface area (Å²) in [4.78, 5) is 0. The number of anilines is 1. The third-order valence-corrected chi connectivity index (χ3v) is 4.98. The van der Waals surface area contributed by atoms with Crippen molar-refractivity contribution in [1.82, 2.24) is 0 Å². The van der Waals surface area contributed by atoms with E-state index in [0.29, 0.717) is 6.61 Å². The largest absolute Gasteiger partial charge is 0.487 e. The lowest BCUT2D eigenvalue weighted by molar-refractivity contribution is 0.302. The average Bonchev–Trinajstić information content (AvgIpc) is 2.60. The van der Waals surface area contributed by atoms with Crippen LogP contribution in [-0.4, -0.2) is 0 Å². The molecular weight excluding hydrogens is 442 g/mol. The van der Waals surface area contributed by atoms with Gasteiger partial charge in [0.2, 0.25) is 0 Å². The van der Waals surface area contributed by atoms with Crippen LogP contribution in [0.3, 0.4) is 0 Å². The van der Waals surface area contributed by atoms with Crippen molar-refractivity contribution in [2.24, 2.45) is 0 Å². The molecule has 0 bridgehead atoms. The van der Waals surface area contributed by atoms with Gasteiger partial charge < -0.3 is 10.1 Å². The Kier molecular flexibility index (Phi) is 6.16. The summed E-state index contributed by atoms with van der Waals surface area (Å²) in [5.41, 5.74) is 4.69. The van der Waals surface area contributed by atoms with Crippen molar-refractivity contribution in [3.63, 3.8) is 0 Å². The number of halogens is 2. The van der Waals surface area contributed by atoms with E-state index in [1.807, 2.05) is 18.2 Å². The maximum Gasteiger partial charge on any atom is 0.148 e. The van der Waals surface area contributed by atoms with Gasteiger partial charge in [-0.25, -0.2) is 0 Å². The summed E-state index contributed by atoms with van der Waals surface area (Å²) in [6, 6.07) is 22.7. The molecule has 0 saturated heterocycles. The Labute approximate surface area is 165 Å². The second kappa shape index (κ2) is 8.54. The molecule has 0 amide bonds. The van der Waals surface area contributed by atoms with Gasteiger partial charge in [-0.15, -0.1) is 0 Å². The van der Waals surface area contributed by atoms with Crippen LogP contribution in [0.4, 0.5) is 5.69 Å². The standard InChI is InChI=1S/C21H19Br2NO/c1-15-6-5-9-18(10-15)24-13-17-11-19(22)21(20(23)12-17)25-14-16-7-3-2-4-8-16/h2-12,24H,13-14H2,1H3. The highest BCUT2D eigenvalue weighted by Crippen LogP contribution is 2.35. The molecule has 0 heterocycles. The third-order valence-electron chi connectivity index (χ3n) is 3.80. The molecule has 3 aromatic carbocycles. The number of ether oxygens (including phenoxy) is 1. The molecular formula is C21H19Br2NO. The molecule has 0 unspecified atom stereocenters. The molecule has 3 rings (SSSR count). The zero-order valence-corrected chi connectivity index (χ0v) is 17.1. The summed E-state index contributed by atoms with van der Waals surface area (Å²) >= 11 is 7.25. The molecule has 0 radical (unpaired) electrons. The van der Waals surface area contributed by atoms with Crippen molar-refractivity contribution in [2.45, 2.75) is 20.1 Å². The summed E-state index contributed by atoms with van der Waals surface area (Å²) < 4.78 is 7.86. The van der Waals surface area contributed by atoms with E-state index >= 15 is 0 Å². The van der Waals surface area contributed by atoms with Gasteiger partial charge in [-0.05, 0) is 79.7 Å². The summed E-state index contributed by atoms with van der Waals surface area (Å²) in [6.07, 6.45) is 0. The Hall–Kier alpha value is -1.78. The van der Waals surface area contributed by atoms with Crippen molar-refractivity contribution >= 4 is 37.5 Å². The second-order valence-corrected chi connectivity index (χ2v) is 7.59. The van der Waals surface area contributed by atoms with Crippen LogP contribution < -0.4 is 10.1 Å². The molecule has 2 nitrogen and oxygen atoms in total. The lowest BCUT2D eigenvalue weighted by Gasteiger charge is -2.13. The average molecular weight is 461 g/mol. The molecule has 0 fully saturated rings. The van der Waals surface area contributed by atoms with Crippen molar-refractivity contribution < 1.29 is 4.74 Å². The van der Waals surface area contributed by atoms with Crippen LogP contribution >= 0.6 is 31.9 Å². The van der Waals surface area contributed by atoms with Gasteiger partial charge in [0, 0.05) is 12.2 Å². The van der Waals surface area contributed by atoms with Crippen molar-refractivity contribution in [3.05, 3.63) is 92.4 Å². The quantitative estimate of drug-likeness (QED) is 0.441. The van der Waals surface area contributed by atoms with Crippen LogP contribution in [0.2, 0.25) is 0 Å². The van der Waals surface area contributed by atoms with Crippen molar-refractivity contribution in [2.75, 3.05) is 5.32 Å². The maximum absolute atomic E-state index is 5.97. The predicted octanol–water partition coefficient (Wildman–Crippen LogP) is 6.71. The van der Waals surface area contributed by atoms with Crippen LogP contribution in [0.25, 0.3) is 0 Å². The van der Waals surface area contributed by atoms with Gasteiger partial charge in [0.1, 0.15) is 12.4 Å². The van der Waals surface area contributed by atoms with Crippen LogP contribution in [0.1, 0.15) is 16.7 Å². The Morgan fingerprint density at radius 1 is 0.840 bits per heavy atom. The fourth-order valence-electron chi connectivity index (χ4n) is 2.54. The van der Waals surface area contributed by atoms with Gasteiger partial charge in [-0.1, -0.05) is 42.5 Å². The minimum Gasteiger partial charge on any atom is -0.487 e. The Bertz CT molecular complexity index is 827. The van der Waals surface area contributed by atoms with Gasteiger partial charge in [-0.2, -0.15) is 0 Å². The summed E-state index contributed by atoms with van der Waals surface area (Å²) in [5, 5.41) is 3.45. The number of nitrogens with one attached hydrogen (secondary N) is 1. The molecule has 0 aliphatic heterocycles. The first-order valence-electron chi connectivity index (χ1n) is 8.07. The molecule has 0 saturated carbocycles. The first-order valence-corrected chi connectivity index (χ1v) is 9.65. The SMILES string of the molecule is Cc1cccc(NCc2cc(Br)c(OCc3ccccc3)c(Br)c2)c1. The van der Waals surface area contributed by atoms with Gasteiger partial charge in [0.15, 0.2) is 0 Å². The summed E-state index contributed by atoms with van der Waals surface area (Å²) in [5.74, 6) is 0.822. The number of hydrogen-bond donors (Lipinski definition) is 1. The number of rotatable bonds is 6. The zero-order valence-electron chi connectivity index (χ0n) is 13.9. The predicted molar refractivity (Wildman–Crippen MR) is 111 cm³/mol. The number of hydrogen-bond acceptors (Lipinski definition) is 2. The van der Waals surface area contributed by atoms with E-state index in [9.17, 15) is 0 Å². The molecule has 0 aliphatic rings. The molecule has 0 aromatic heterocycles. The summed E-state index contributed by atoms with van der Waals surface area (Å²) in [6.45, 7) is 3.38. The third kappa shape index (κ3) is 5.10. The van der Waals surface area contributed by atoms with Crippen LogP contribution in [-0.2, 0) is 13.2 Å².